The number of rotatable bonds is 5. The second-order valence-electron chi connectivity index (χ2n) is 4.35. The van der Waals surface area contributed by atoms with Gasteiger partial charge in [0.1, 0.15) is 4.88 Å². The molecule has 2 aromatic rings. The van der Waals surface area contributed by atoms with Gasteiger partial charge >= 0.3 is 0 Å². The lowest BCUT2D eigenvalue weighted by atomic mass is 10.4. The van der Waals surface area contributed by atoms with Crippen molar-refractivity contribution in [2.45, 2.75) is 18.7 Å². The number of hydrogen-bond donors (Lipinski definition) is 2. The molecule has 0 aliphatic heterocycles. The number of anilines is 1. The molecule has 0 saturated carbocycles. The largest absolute Gasteiger partial charge is 0.352 e. The van der Waals surface area contributed by atoms with Crippen LogP contribution < -0.4 is 10.0 Å². The van der Waals surface area contributed by atoms with Crippen molar-refractivity contribution in [2.24, 2.45) is 0 Å². The summed E-state index contributed by atoms with van der Waals surface area (Å²) in [5.41, 5.74) is 0.477. The molecular weight excluding hydrogens is 346 g/mol. The fourth-order valence-corrected chi connectivity index (χ4v) is 3.92. The van der Waals surface area contributed by atoms with E-state index in [1.807, 2.05) is 0 Å². The Bertz CT molecular complexity index is 785. The zero-order chi connectivity index (χ0) is 16.3. The SMILES string of the molecule is CCNC(=O)c1sc(NS(=O)(=O)c2ccc(Cl)cc2)nc1C. The molecule has 0 bridgehead atoms. The maximum Gasteiger partial charge on any atom is 0.263 e. The third-order valence-electron chi connectivity index (χ3n) is 2.69. The molecule has 0 saturated heterocycles. The Labute approximate surface area is 137 Å². The van der Waals surface area contributed by atoms with E-state index in [-0.39, 0.29) is 15.9 Å². The zero-order valence-electron chi connectivity index (χ0n) is 11.9. The first kappa shape index (κ1) is 16.7. The number of aromatic nitrogens is 1. The van der Waals surface area contributed by atoms with E-state index in [4.69, 9.17) is 11.6 Å². The van der Waals surface area contributed by atoms with Crippen LogP contribution in [0.5, 0.6) is 0 Å². The number of nitrogens with zero attached hydrogens (tertiary/aromatic N) is 1. The molecular formula is C13H14ClN3O3S2. The van der Waals surface area contributed by atoms with Crippen LogP contribution in [0.2, 0.25) is 5.02 Å². The molecule has 2 N–H and O–H groups in total. The number of nitrogens with one attached hydrogen (secondary N) is 2. The number of amides is 1. The topological polar surface area (TPSA) is 88.2 Å². The molecule has 0 unspecified atom stereocenters. The Balaban J connectivity index is 2.25. The summed E-state index contributed by atoms with van der Waals surface area (Å²) < 4.78 is 26.9. The maximum atomic E-state index is 12.2. The van der Waals surface area contributed by atoms with E-state index in [0.717, 1.165) is 11.3 Å². The van der Waals surface area contributed by atoms with Gasteiger partial charge in [0.2, 0.25) is 0 Å². The Morgan fingerprint density at radius 3 is 2.55 bits per heavy atom. The van der Waals surface area contributed by atoms with Crippen LogP contribution in [0, 0.1) is 6.92 Å². The summed E-state index contributed by atoms with van der Waals surface area (Å²) in [5, 5.41) is 3.25. The molecule has 1 aromatic heterocycles. The second kappa shape index (κ2) is 6.64. The molecule has 0 atom stereocenters. The normalized spacial score (nSPS) is 11.2. The van der Waals surface area contributed by atoms with Crippen LogP contribution >= 0.6 is 22.9 Å². The number of thiazole rings is 1. The molecule has 1 aromatic carbocycles. The van der Waals surface area contributed by atoms with Gasteiger partial charge in [-0.2, -0.15) is 0 Å². The molecule has 2 rings (SSSR count). The summed E-state index contributed by atoms with van der Waals surface area (Å²) in [6.07, 6.45) is 0. The van der Waals surface area contributed by atoms with Gasteiger partial charge in [0.25, 0.3) is 15.9 Å². The quantitative estimate of drug-likeness (QED) is 0.859. The van der Waals surface area contributed by atoms with Gasteiger partial charge in [-0.05, 0) is 38.1 Å². The van der Waals surface area contributed by atoms with Crippen molar-refractivity contribution < 1.29 is 13.2 Å². The number of carbonyl (C=O) groups excluding carboxylic acids is 1. The first-order valence-electron chi connectivity index (χ1n) is 6.37. The minimum atomic E-state index is -3.76. The van der Waals surface area contributed by atoms with Gasteiger partial charge in [-0.25, -0.2) is 13.4 Å². The van der Waals surface area contributed by atoms with Crippen molar-refractivity contribution in [1.82, 2.24) is 10.3 Å². The van der Waals surface area contributed by atoms with Crippen molar-refractivity contribution in [1.29, 1.82) is 0 Å². The molecule has 0 radical (unpaired) electrons. The third kappa shape index (κ3) is 3.76. The molecule has 6 nitrogen and oxygen atoms in total. The molecule has 0 aliphatic rings. The summed E-state index contributed by atoms with van der Waals surface area (Å²) >= 11 is 6.73. The van der Waals surface area contributed by atoms with E-state index in [9.17, 15) is 13.2 Å². The highest BCUT2D eigenvalue weighted by Gasteiger charge is 2.19. The van der Waals surface area contributed by atoms with Gasteiger partial charge < -0.3 is 5.32 Å². The summed E-state index contributed by atoms with van der Waals surface area (Å²) in [4.78, 5) is 16.4. The van der Waals surface area contributed by atoms with Gasteiger partial charge in [0.15, 0.2) is 5.13 Å². The van der Waals surface area contributed by atoms with Crippen LogP contribution in [0.4, 0.5) is 5.13 Å². The smallest absolute Gasteiger partial charge is 0.263 e. The lowest BCUT2D eigenvalue weighted by Gasteiger charge is -2.04. The Morgan fingerprint density at radius 2 is 1.95 bits per heavy atom. The molecule has 1 heterocycles. The lowest BCUT2D eigenvalue weighted by molar-refractivity contribution is 0.0959. The minimum Gasteiger partial charge on any atom is -0.352 e. The number of benzene rings is 1. The van der Waals surface area contributed by atoms with Gasteiger partial charge in [-0.1, -0.05) is 22.9 Å². The number of aryl methyl sites for hydroxylation is 1. The zero-order valence-corrected chi connectivity index (χ0v) is 14.3. The maximum absolute atomic E-state index is 12.2. The van der Waals surface area contributed by atoms with E-state index < -0.39 is 10.0 Å². The molecule has 9 heteroatoms. The standard InChI is InChI=1S/C13H14ClN3O3S2/c1-3-15-12(18)11-8(2)16-13(21-11)17-22(19,20)10-6-4-9(14)5-7-10/h4-7H,3H2,1-2H3,(H,15,18)(H,16,17). The Hall–Kier alpha value is -1.64. The first-order valence-corrected chi connectivity index (χ1v) is 9.05. The highest BCUT2D eigenvalue weighted by Crippen LogP contribution is 2.25. The van der Waals surface area contributed by atoms with E-state index in [2.05, 4.69) is 15.0 Å². The fourth-order valence-electron chi connectivity index (χ4n) is 1.68. The average molecular weight is 360 g/mol. The number of halogens is 1. The number of carbonyl (C=O) groups is 1. The molecule has 118 valence electrons. The van der Waals surface area contributed by atoms with Crippen molar-refractivity contribution >= 4 is 44.0 Å². The molecule has 1 amide bonds. The van der Waals surface area contributed by atoms with Crippen molar-refractivity contribution in [3.05, 3.63) is 39.9 Å². The van der Waals surface area contributed by atoms with Gasteiger partial charge in [-0.3, -0.25) is 9.52 Å². The fraction of sp³-hybridized carbons (Fsp3) is 0.231. The van der Waals surface area contributed by atoms with E-state index in [1.165, 1.54) is 24.3 Å². The number of hydrogen-bond acceptors (Lipinski definition) is 5. The van der Waals surface area contributed by atoms with Crippen LogP contribution in [0.15, 0.2) is 29.2 Å². The summed E-state index contributed by atoms with van der Waals surface area (Å²) in [6, 6.07) is 5.78. The van der Waals surface area contributed by atoms with E-state index >= 15 is 0 Å². The number of sulfonamides is 1. The van der Waals surface area contributed by atoms with E-state index in [1.54, 1.807) is 13.8 Å². The minimum absolute atomic E-state index is 0.0734. The van der Waals surface area contributed by atoms with E-state index in [0.29, 0.717) is 22.1 Å². The van der Waals surface area contributed by atoms with Crippen LogP contribution in [0.3, 0.4) is 0 Å². The molecule has 0 spiro atoms. The van der Waals surface area contributed by atoms with Crippen molar-refractivity contribution in [3.8, 4) is 0 Å². The van der Waals surface area contributed by atoms with Crippen LogP contribution in [0.1, 0.15) is 22.3 Å². The lowest BCUT2D eigenvalue weighted by Crippen LogP contribution is -2.22. The van der Waals surface area contributed by atoms with Crippen molar-refractivity contribution in [2.75, 3.05) is 11.3 Å². The van der Waals surface area contributed by atoms with Gasteiger partial charge in [0, 0.05) is 11.6 Å². The predicted molar refractivity (Wildman–Crippen MR) is 87.1 cm³/mol. The molecule has 22 heavy (non-hydrogen) atoms. The Kier molecular flexibility index (Phi) is 5.05. The second-order valence-corrected chi connectivity index (χ2v) is 7.47. The Morgan fingerprint density at radius 1 is 1.32 bits per heavy atom. The average Bonchev–Trinajstić information content (AvgIpc) is 2.79. The summed E-state index contributed by atoms with van der Waals surface area (Å²) in [6.45, 7) is 3.95. The predicted octanol–water partition coefficient (Wildman–Crippen LogP) is 2.66. The highest BCUT2D eigenvalue weighted by molar-refractivity contribution is 7.93. The van der Waals surface area contributed by atoms with Crippen LogP contribution in [-0.2, 0) is 10.0 Å². The summed E-state index contributed by atoms with van der Waals surface area (Å²) in [7, 11) is -3.76. The van der Waals surface area contributed by atoms with Crippen LogP contribution in [-0.4, -0.2) is 25.9 Å². The molecule has 0 fully saturated rings. The monoisotopic (exact) mass is 359 g/mol. The summed E-state index contributed by atoms with van der Waals surface area (Å²) in [5.74, 6) is -0.269. The van der Waals surface area contributed by atoms with Gasteiger partial charge in [0.05, 0.1) is 10.6 Å². The third-order valence-corrected chi connectivity index (χ3v) is 5.49. The van der Waals surface area contributed by atoms with Crippen molar-refractivity contribution in [3.63, 3.8) is 0 Å². The molecule has 0 aliphatic carbocycles. The van der Waals surface area contributed by atoms with Gasteiger partial charge in [-0.15, -0.1) is 0 Å². The first-order chi connectivity index (χ1) is 10.3. The highest BCUT2D eigenvalue weighted by atomic mass is 35.5. The van der Waals surface area contributed by atoms with Crippen LogP contribution in [0.25, 0.3) is 0 Å².